The van der Waals surface area contributed by atoms with Gasteiger partial charge in [-0.1, -0.05) is 29.8 Å². The number of rotatable bonds is 4. The van der Waals surface area contributed by atoms with Crippen LogP contribution < -0.4 is 10.5 Å². The molecule has 0 aliphatic heterocycles. The van der Waals surface area contributed by atoms with E-state index in [2.05, 4.69) is 21.2 Å². The lowest BCUT2D eigenvalue weighted by atomic mass is 10.1. The fraction of sp³-hybridized carbons (Fsp3) is 0.0714. The number of halogens is 2. The molecule has 2 rings (SSSR count). The van der Waals surface area contributed by atoms with Crippen LogP contribution in [0.15, 0.2) is 51.8 Å². The molecule has 1 unspecified atom stereocenters. The lowest BCUT2D eigenvalue weighted by Crippen LogP contribution is -2.15. The van der Waals surface area contributed by atoms with Gasteiger partial charge in [0.2, 0.25) is 5.91 Å². The first kappa shape index (κ1) is 16.2. The van der Waals surface area contributed by atoms with Crippen molar-refractivity contribution in [3.8, 4) is 0 Å². The summed E-state index contributed by atoms with van der Waals surface area (Å²) in [5.74, 6) is -0.209. The number of amides is 1. The molecule has 7 heteroatoms. The molecule has 2 aromatic carbocycles. The zero-order valence-electron chi connectivity index (χ0n) is 10.8. The predicted octanol–water partition coefficient (Wildman–Crippen LogP) is 3.27. The Balaban J connectivity index is 2.12. The van der Waals surface area contributed by atoms with Crippen molar-refractivity contribution in [2.45, 2.75) is 11.3 Å². The summed E-state index contributed by atoms with van der Waals surface area (Å²) < 4.78 is 12.0. The van der Waals surface area contributed by atoms with Crippen molar-refractivity contribution >= 4 is 50.1 Å². The highest BCUT2D eigenvalue weighted by molar-refractivity contribution is 9.10. The molecule has 110 valence electrons. The van der Waals surface area contributed by atoms with Crippen molar-refractivity contribution in [1.29, 1.82) is 0 Å². The van der Waals surface area contributed by atoms with Crippen molar-refractivity contribution in [3.05, 3.63) is 57.5 Å². The first-order chi connectivity index (χ1) is 9.97. The molecule has 0 aromatic heterocycles. The van der Waals surface area contributed by atoms with Crippen LogP contribution in [0.1, 0.15) is 5.56 Å². The predicted molar refractivity (Wildman–Crippen MR) is 88.5 cm³/mol. The largest absolute Gasteiger partial charge is 0.326 e. The number of anilines is 1. The molecule has 0 spiro atoms. The van der Waals surface area contributed by atoms with Gasteiger partial charge in [0.25, 0.3) is 0 Å². The number of carbonyl (C=O) groups excluding carboxylic acids is 1. The van der Waals surface area contributed by atoms with Gasteiger partial charge < -0.3 is 5.32 Å². The summed E-state index contributed by atoms with van der Waals surface area (Å²) in [6.07, 6.45) is 0.163. The van der Waals surface area contributed by atoms with E-state index < -0.39 is 11.0 Å². The molecule has 0 saturated heterocycles. The Morgan fingerprint density at radius 2 is 2.00 bits per heavy atom. The van der Waals surface area contributed by atoms with Gasteiger partial charge in [-0.2, -0.15) is 0 Å². The van der Waals surface area contributed by atoms with E-state index in [0.717, 1.165) is 5.56 Å². The van der Waals surface area contributed by atoms with Gasteiger partial charge in [-0.25, -0.2) is 9.35 Å². The van der Waals surface area contributed by atoms with Crippen molar-refractivity contribution in [3.63, 3.8) is 0 Å². The third-order valence-corrected chi connectivity index (χ3v) is 4.83. The molecular formula is C14H12BrClN2O2S. The highest BCUT2D eigenvalue weighted by Crippen LogP contribution is 2.23. The van der Waals surface area contributed by atoms with Crippen molar-refractivity contribution in [2.75, 3.05) is 5.32 Å². The van der Waals surface area contributed by atoms with E-state index >= 15 is 0 Å². The van der Waals surface area contributed by atoms with Crippen molar-refractivity contribution < 1.29 is 9.00 Å². The molecule has 0 aliphatic rings. The second kappa shape index (κ2) is 7.17. The quantitative estimate of drug-likeness (QED) is 0.845. The number of nitrogens with two attached hydrogens (primary N) is 1. The van der Waals surface area contributed by atoms with Crippen LogP contribution in [0.2, 0.25) is 5.02 Å². The number of hydrogen-bond acceptors (Lipinski definition) is 2. The summed E-state index contributed by atoms with van der Waals surface area (Å²) in [6.45, 7) is 0. The van der Waals surface area contributed by atoms with Crippen LogP contribution in [0.25, 0.3) is 0 Å². The maximum atomic E-state index is 12.0. The number of hydrogen-bond donors (Lipinski definition) is 2. The highest BCUT2D eigenvalue weighted by Gasteiger charge is 2.10. The normalized spacial score (nSPS) is 12.0. The molecule has 4 nitrogen and oxygen atoms in total. The Hall–Kier alpha value is -1.21. The molecule has 3 N–H and O–H groups in total. The molecule has 1 amide bonds. The van der Waals surface area contributed by atoms with Crippen molar-refractivity contribution in [2.24, 2.45) is 5.14 Å². The number of carbonyl (C=O) groups is 1. The van der Waals surface area contributed by atoms with E-state index in [1.165, 1.54) is 0 Å². The first-order valence-corrected chi connectivity index (χ1v) is 8.35. The van der Waals surface area contributed by atoms with Crippen LogP contribution in [0.5, 0.6) is 0 Å². The first-order valence-electron chi connectivity index (χ1n) is 5.96. The van der Waals surface area contributed by atoms with E-state index in [1.807, 2.05) is 6.07 Å². The molecule has 0 aliphatic carbocycles. The fourth-order valence-corrected chi connectivity index (χ4v) is 3.19. The lowest BCUT2D eigenvalue weighted by Gasteiger charge is -2.08. The molecule has 0 saturated carbocycles. The Morgan fingerprint density at radius 1 is 1.29 bits per heavy atom. The zero-order valence-corrected chi connectivity index (χ0v) is 14.0. The highest BCUT2D eigenvalue weighted by atomic mass is 79.9. The summed E-state index contributed by atoms with van der Waals surface area (Å²) in [5.41, 5.74) is 1.28. The van der Waals surface area contributed by atoms with Crippen LogP contribution in [-0.4, -0.2) is 10.1 Å². The van der Waals surface area contributed by atoms with Gasteiger partial charge in [-0.05, 0) is 45.8 Å². The third kappa shape index (κ3) is 4.38. The van der Waals surface area contributed by atoms with Crippen LogP contribution >= 0.6 is 27.5 Å². The third-order valence-electron chi connectivity index (χ3n) is 2.74. The van der Waals surface area contributed by atoms with E-state index in [-0.39, 0.29) is 12.3 Å². The minimum absolute atomic E-state index is 0.163. The molecule has 0 radical (unpaired) electrons. The zero-order chi connectivity index (χ0) is 15.4. The average molecular weight is 388 g/mol. The van der Waals surface area contributed by atoms with E-state index in [4.69, 9.17) is 16.7 Å². The molecular weight excluding hydrogens is 376 g/mol. The summed E-state index contributed by atoms with van der Waals surface area (Å²) in [4.78, 5) is 12.4. The molecule has 21 heavy (non-hydrogen) atoms. The Bertz CT molecular complexity index is 709. The van der Waals surface area contributed by atoms with Crippen LogP contribution in [0.3, 0.4) is 0 Å². The molecule has 0 fully saturated rings. The Kier molecular flexibility index (Phi) is 5.52. The topological polar surface area (TPSA) is 72.2 Å². The molecule has 1 atom stereocenters. The molecule has 0 bridgehead atoms. The van der Waals surface area contributed by atoms with Gasteiger partial charge in [0, 0.05) is 15.2 Å². The van der Waals surface area contributed by atoms with E-state index in [1.54, 1.807) is 36.4 Å². The second-order valence-electron chi connectivity index (χ2n) is 4.26. The molecule has 0 heterocycles. The minimum Gasteiger partial charge on any atom is -0.326 e. The van der Waals surface area contributed by atoms with Crippen LogP contribution in [0.4, 0.5) is 5.69 Å². The smallest absolute Gasteiger partial charge is 0.228 e. The monoisotopic (exact) mass is 386 g/mol. The maximum Gasteiger partial charge on any atom is 0.228 e. The SMILES string of the molecule is NS(=O)c1cc(NC(=O)Cc2ccccc2Cl)ccc1Br. The van der Waals surface area contributed by atoms with Gasteiger partial charge in [0.05, 0.1) is 11.3 Å². The maximum absolute atomic E-state index is 12.0. The number of nitrogens with one attached hydrogen (secondary N) is 1. The van der Waals surface area contributed by atoms with Crippen LogP contribution in [0, 0.1) is 0 Å². The van der Waals surface area contributed by atoms with E-state index in [9.17, 15) is 9.00 Å². The Labute approximate surface area is 138 Å². The van der Waals surface area contributed by atoms with Gasteiger partial charge in [0.15, 0.2) is 0 Å². The van der Waals surface area contributed by atoms with Gasteiger partial charge in [-0.15, -0.1) is 0 Å². The lowest BCUT2D eigenvalue weighted by molar-refractivity contribution is -0.115. The summed E-state index contributed by atoms with van der Waals surface area (Å²) in [6, 6.07) is 12.1. The molecule has 2 aromatic rings. The van der Waals surface area contributed by atoms with E-state index in [0.29, 0.717) is 20.1 Å². The standard InChI is InChI=1S/C14H12BrClN2O2S/c15-11-6-5-10(8-13(11)21(17)20)18-14(19)7-9-3-1-2-4-12(9)16/h1-6,8H,7,17H2,(H,18,19). The fourth-order valence-electron chi connectivity index (χ4n) is 1.76. The second-order valence-corrected chi connectivity index (χ2v) is 6.56. The van der Waals surface area contributed by atoms with Gasteiger partial charge >= 0.3 is 0 Å². The van der Waals surface area contributed by atoms with Crippen LogP contribution in [-0.2, 0) is 22.2 Å². The summed E-state index contributed by atoms with van der Waals surface area (Å²) in [7, 11) is -1.63. The minimum atomic E-state index is -1.63. The van der Waals surface area contributed by atoms with Gasteiger partial charge in [-0.3, -0.25) is 4.79 Å². The summed E-state index contributed by atoms with van der Waals surface area (Å²) in [5, 5.41) is 8.65. The average Bonchev–Trinajstić information content (AvgIpc) is 2.43. The van der Waals surface area contributed by atoms with Crippen molar-refractivity contribution in [1.82, 2.24) is 0 Å². The van der Waals surface area contributed by atoms with Gasteiger partial charge in [0.1, 0.15) is 11.0 Å². The Morgan fingerprint density at radius 3 is 2.67 bits per heavy atom. The summed E-state index contributed by atoms with van der Waals surface area (Å²) >= 11 is 9.27. The number of benzene rings is 2.